The first-order chi connectivity index (χ1) is 11.0. The summed E-state index contributed by atoms with van der Waals surface area (Å²) in [4.78, 5) is 0. The summed E-state index contributed by atoms with van der Waals surface area (Å²) >= 11 is 0. The molecule has 0 heterocycles. The van der Waals surface area contributed by atoms with Gasteiger partial charge in [-0.3, -0.25) is 0 Å². The van der Waals surface area contributed by atoms with E-state index in [2.05, 4.69) is 86.7 Å². The molecule has 116 valence electrons. The van der Waals surface area contributed by atoms with Crippen LogP contribution in [0.1, 0.15) is 20.3 Å². The maximum absolute atomic E-state index is 3.93. The topological polar surface area (TPSA) is 0 Å². The summed E-state index contributed by atoms with van der Waals surface area (Å²) in [6.45, 7) is 16.4. The van der Waals surface area contributed by atoms with Crippen LogP contribution in [0.5, 0.6) is 0 Å². The molecule has 1 aliphatic carbocycles. The van der Waals surface area contributed by atoms with Gasteiger partial charge in [0.2, 0.25) is 0 Å². The van der Waals surface area contributed by atoms with E-state index in [1.54, 1.807) is 0 Å². The molecule has 0 saturated heterocycles. The van der Waals surface area contributed by atoms with E-state index in [0.717, 1.165) is 6.42 Å². The van der Waals surface area contributed by atoms with Crippen molar-refractivity contribution in [2.75, 3.05) is 0 Å². The molecule has 0 amide bonds. The first-order valence-corrected chi connectivity index (χ1v) is 8.34. The summed E-state index contributed by atoms with van der Waals surface area (Å²) in [5.41, 5.74) is 6.61. The number of allylic oxidation sites excluding steroid dienone is 11. The van der Waals surface area contributed by atoms with Crippen molar-refractivity contribution < 1.29 is 0 Å². The van der Waals surface area contributed by atoms with Gasteiger partial charge in [0.05, 0.1) is 0 Å². The van der Waals surface area contributed by atoms with E-state index in [9.17, 15) is 0 Å². The average Bonchev–Trinajstić information content (AvgIpc) is 2.59. The molecule has 0 fully saturated rings. The Bertz CT molecular complexity index is 648. The molecule has 0 bridgehead atoms. The van der Waals surface area contributed by atoms with Crippen LogP contribution in [0.15, 0.2) is 82.9 Å². The molecule has 0 saturated carbocycles. The fourth-order valence-electron chi connectivity index (χ4n) is 3.20. The summed E-state index contributed by atoms with van der Waals surface area (Å²) in [5.74, 6) is 2.67. The summed E-state index contributed by atoms with van der Waals surface area (Å²) in [5, 5.41) is 1.32. The Labute approximate surface area is 144 Å². The second-order valence-electron chi connectivity index (χ2n) is 6.09. The van der Waals surface area contributed by atoms with Crippen LogP contribution in [0.2, 0.25) is 6.82 Å². The molecule has 23 heavy (non-hydrogen) atoms. The van der Waals surface area contributed by atoms with Crippen molar-refractivity contribution in [3.8, 4) is 0 Å². The summed E-state index contributed by atoms with van der Waals surface area (Å²) < 4.78 is 0. The number of rotatable bonds is 4. The summed E-state index contributed by atoms with van der Waals surface area (Å²) in [7, 11) is 4.37. The molecule has 0 aromatic rings. The predicted molar refractivity (Wildman–Crippen MR) is 114 cm³/mol. The minimum atomic E-state index is 0.433. The van der Waals surface area contributed by atoms with Crippen LogP contribution in [0.3, 0.4) is 0 Å². The zero-order valence-corrected chi connectivity index (χ0v) is 15.3. The Balaban J connectivity index is 3.87. The van der Waals surface area contributed by atoms with E-state index in [-0.39, 0.29) is 0 Å². The van der Waals surface area contributed by atoms with Gasteiger partial charge in [-0.2, -0.15) is 0 Å². The first-order valence-electron chi connectivity index (χ1n) is 8.34. The van der Waals surface area contributed by atoms with Crippen molar-refractivity contribution in [1.29, 1.82) is 0 Å². The standard InChI is InChI=1S/C20H27B3/c1-6-9-15-12-14(4)16(10-7-2)17(11-8-3)19(20(21)22)18(15)13-23-5/h6-11,13-14H,2-3,12,21-22H2,1,4-5H3/b9-6-,16-10-,17-11+. The van der Waals surface area contributed by atoms with E-state index in [1.165, 1.54) is 33.2 Å². The molecule has 0 nitrogen and oxygen atoms in total. The van der Waals surface area contributed by atoms with Crippen molar-refractivity contribution >= 4 is 28.6 Å². The van der Waals surface area contributed by atoms with Crippen LogP contribution >= 0.6 is 0 Å². The molecule has 3 heteroatoms. The van der Waals surface area contributed by atoms with Crippen molar-refractivity contribution in [1.82, 2.24) is 0 Å². The Morgan fingerprint density at radius 3 is 2.35 bits per heavy atom. The van der Waals surface area contributed by atoms with Crippen molar-refractivity contribution in [3.63, 3.8) is 0 Å². The van der Waals surface area contributed by atoms with Gasteiger partial charge in [-0.15, -0.1) is 0 Å². The second-order valence-corrected chi connectivity index (χ2v) is 6.09. The number of hydrogen-bond acceptors (Lipinski definition) is 0. The van der Waals surface area contributed by atoms with Gasteiger partial charge in [0.15, 0.2) is 0 Å². The third-order valence-electron chi connectivity index (χ3n) is 4.04. The van der Waals surface area contributed by atoms with Crippen molar-refractivity contribution in [2.45, 2.75) is 27.1 Å². The third kappa shape index (κ3) is 4.61. The molecule has 1 unspecified atom stereocenters. The zero-order valence-electron chi connectivity index (χ0n) is 15.3. The predicted octanol–water partition coefficient (Wildman–Crippen LogP) is 3.16. The molecule has 1 aliphatic rings. The van der Waals surface area contributed by atoms with Gasteiger partial charge in [0, 0.05) is 0 Å². The summed E-state index contributed by atoms with van der Waals surface area (Å²) in [6.07, 6.45) is 13.5. The molecule has 1 atom stereocenters. The SMILES string of the molecule is BC(B)=C1C(/C=B\C)=C(/C=C\C)CC(C)C(=C/C=C)/C1=C\C=C. The van der Waals surface area contributed by atoms with Gasteiger partial charge in [-0.25, -0.2) is 0 Å². The van der Waals surface area contributed by atoms with Gasteiger partial charge in [0.25, 0.3) is 0 Å². The third-order valence-corrected chi connectivity index (χ3v) is 4.04. The zero-order chi connectivity index (χ0) is 17.4. The monoisotopic (exact) mass is 300 g/mol. The Morgan fingerprint density at radius 1 is 1.22 bits per heavy atom. The molecule has 1 rings (SSSR count). The molecule has 0 aromatic heterocycles. The van der Waals surface area contributed by atoms with Crippen LogP contribution in [-0.4, -0.2) is 28.6 Å². The molecule has 0 aliphatic heterocycles. The van der Waals surface area contributed by atoms with Crippen LogP contribution in [0.4, 0.5) is 0 Å². The molecule has 0 spiro atoms. The normalized spacial score (nSPS) is 22.7. The quantitative estimate of drug-likeness (QED) is 0.700. The van der Waals surface area contributed by atoms with E-state index >= 15 is 0 Å². The molecular weight excluding hydrogens is 273 g/mol. The van der Waals surface area contributed by atoms with Crippen molar-refractivity contribution in [2.24, 2.45) is 5.92 Å². The maximum atomic E-state index is 3.93. The Morgan fingerprint density at radius 2 is 1.87 bits per heavy atom. The Hall–Kier alpha value is -1.76. The van der Waals surface area contributed by atoms with Gasteiger partial charge < -0.3 is 0 Å². The van der Waals surface area contributed by atoms with Crippen LogP contribution < -0.4 is 0 Å². The van der Waals surface area contributed by atoms with Gasteiger partial charge >= 0.3 is 144 Å². The van der Waals surface area contributed by atoms with Gasteiger partial charge in [0.1, 0.15) is 0 Å². The fraction of sp³-hybridized carbons (Fsp3) is 0.250. The van der Waals surface area contributed by atoms with Crippen LogP contribution in [0, 0.1) is 5.92 Å². The van der Waals surface area contributed by atoms with Crippen molar-refractivity contribution in [3.05, 3.63) is 82.9 Å². The van der Waals surface area contributed by atoms with Crippen LogP contribution in [0.25, 0.3) is 0 Å². The molecule has 0 radical (unpaired) electrons. The molecular formula is C20H27B3. The van der Waals surface area contributed by atoms with E-state index < -0.39 is 0 Å². The average molecular weight is 300 g/mol. The minimum absolute atomic E-state index is 0.433. The van der Waals surface area contributed by atoms with Crippen LogP contribution in [-0.2, 0) is 0 Å². The molecule has 0 aromatic carbocycles. The number of hydrogen-bond donors (Lipinski definition) is 0. The summed E-state index contributed by atoms with van der Waals surface area (Å²) in [6, 6.07) is 0. The molecule has 0 N–H and O–H groups in total. The van der Waals surface area contributed by atoms with Gasteiger partial charge in [-0.05, 0) is 0 Å². The Kier molecular flexibility index (Phi) is 7.88. The van der Waals surface area contributed by atoms with E-state index in [1.807, 2.05) is 12.2 Å². The van der Waals surface area contributed by atoms with Gasteiger partial charge in [-0.1, -0.05) is 0 Å². The second kappa shape index (κ2) is 9.40. The van der Waals surface area contributed by atoms with E-state index in [0.29, 0.717) is 5.92 Å². The van der Waals surface area contributed by atoms with E-state index in [4.69, 9.17) is 0 Å². The fourth-order valence-corrected chi connectivity index (χ4v) is 3.20. The first kappa shape index (κ1) is 19.3.